The lowest BCUT2D eigenvalue weighted by Gasteiger charge is -2.23. The van der Waals surface area contributed by atoms with Crippen LogP contribution in [0.4, 0.5) is 0 Å². The van der Waals surface area contributed by atoms with Crippen molar-refractivity contribution in [2.75, 3.05) is 53.2 Å². The SMILES string of the molecule is CCCN(CCO)CC(O)COCCOC. The maximum Gasteiger partial charge on any atom is 0.0900 e. The predicted octanol–water partition coefficient (Wildman–Crippen LogP) is -0.285. The minimum Gasteiger partial charge on any atom is -0.395 e. The van der Waals surface area contributed by atoms with Gasteiger partial charge in [0.1, 0.15) is 0 Å². The van der Waals surface area contributed by atoms with Crippen molar-refractivity contribution in [3.63, 3.8) is 0 Å². The van der Waals surface area contributed by atoms with Crippen molar-refractivity contribution < 1.29 is 19.7 Å². The highest BCUT2D eigenvalue weighted by Gasteiger charge is 2.10. The van der Waals surface area contributed by atoms with Crippen LogP contribution >= 0.6 is 0 Å². The van der Waals surface area contributed by atoms with E-state index >= 15 is 0 Å². The van der Waals surface area contributed by atoms with E-state index in [0.29, 0.717) is 32.9 Å². The fourth-order valence-corrected chi connectivity index (χ4v) is 1.46. The number of hydrogen-bond acceptors (Lipinski definition) is 5. The van der Waals surface area contributed by atoms with Crippen molar-refractivity contribution in [3.8, 4) is 0 Å². The average Bonchev–Trinajstić information content (AvgIpc) is 2.25. The van der Waals surface area contributed by atoms with Gasteiger partial charge in [-0.3, -0.25) is 4.90 Å². The zero-order valence-corrected chi connectivity index (χ0v) is 10.4. The molecule has 0 rings (SSSR count). The van der Waals surface area contributed by atoms with E-state index in [0.717, 1.165) is 13.0 Å². The summed E-state index contributed by atoms with van der Waals surface area (Å²) < 4.78 is 10.1. The molecule has 5 nitrogen and oxygen atoms in total. The highest BCUT2D eigenvalue weighted by atomic mass is 16.5. The normalized spacial score (nSPS) is 13.3. The average molecular weight is 235 g/mol. The Morgan fingerprint density at radius 3 is 2.56 bits per heavy atom. The molecule has 0 fully saturated rings. The Balaban J connectivity index is 3.59. The van der Waals surface area contributed by atoms with E-state index in [-0.39, 0.29) is 6.61 Å². The first kappa shape index (κ1) is 15.8. The van der Waals surface area contributed by atoms with Gasteiger partial charge in [0.15, 0.2) is 0 Å². The Hall–Kier alpha value is -0.200. The summed E-state index contributed by atoms with van der Waals surface area (Å²) in [6.07, 6.45) is 0.506. The van der Waals surface area contributed by atoms with Gasteiger partial charge in [0.2, 0.25) is 0 Å². The lowest BCUT2D eigenvalue weighted by atomic mass is 10.3. The Bertz CT molecular complexity index is 140. The third-order valence-corrected chi connectivity index (χ3v) is 2.17. The Morgan fingerprint density at radius 2 is 2.00 bits per heavy atom. The van der Waals surface area contributed by atoms with E-state index < -0.39 is 6.10 Å². The first-order valence-electron chi connectivity index (χ1n) is 5.82. The fourth-order valence-electron chi connectivity index (χ4n) is 1.46. The molecule has 2 N–H and O–H groups in total. The summed E-state index contributed by atoms with van der Waals surface area (Å²) in [5.74, 6) is 0. The van der Waals surface area contributed by atoms with Gasteiger partial charge in [0, 0.05) is 20.2 Å². The molecule has 0 aliphatic carbocycles. The molecule has 0 saturated carbocycles. The van der Waals surface area contributed by atoms with E-state index in [2.05, 4.69) is 6.92 Å². The minimum absolute atomic E-state index is 0.122. The molecule has 0 spiro atoms. The number of aliphatic hydroxyl groups is 2. The zero-order valence-electron chi connectivity index (χ0n) is 10.4. The van der Waals surface area contributed by atoms with Crippen molar-refractivity contribution in [1.29, 1.82) is 0 Å². The van der Waals surface area contributed by atoms with Crippen molar-refractivity contribution in [2.45, 2.75) is 19.4 Å². The monoisotopic (exact) mass is 235 g/mol. The topological polar surface area (TPSA) is 62.2 Å². The van der Waals surface area contributed by atoms with Crippen LogP contribution in [0.1, 0.15) is 13.3 Å². The number of rotatable bonds is 11. The first-order valence-corrected chi connectivity index (χ1v) is 5.82. The van der Waals surface area contributed by atoms with Gasteiger partial charge < -0.3 is 19.7 Å². The van der Waals surface area contributed by atoms with Gasteiger partial charge in [-0.25, -0.2) is 0 Å². The molecule has 0 aromatic carbocycles. The highest BCUT2D eigenvalue weighted by Crippen LogP contribution is 1.95. The Morgan fingerprint density at radius 1 is 1.25 bits per heavy atom. The van der Waals surface area contributed by atoms with E-state index in [1.807, 2.05) is 4.90 Å². The number of ether oxygens (including phenoxy) is 2. The number of methoxy groups -OCH3 is 1. The van der Waals surface area contributed by atoms with Crippen molar-refractivity contribution >= 4 is 0 Å². The lowest BCUT2D eigenvalue weighted by molar-refractivity contribution is -0.00214. The maximum atomic E-state index is 9.68. The summed E-state index contributed by atoms with van der Waals surface area (Å²) in [6.45, 7) is 5.58. The molecule has 1 unspecified atom stereocenters. The van der Waals surface area contributed by atoms with Crippen LogP contribution in [-0.4, -0.2) is 74.4 Å². The summed E-state index contributed by atoms with van der Waals surface area (Å²) in [5, 5.41) is 18.5. The van der Waals surface area contributed by atoms with Crippen LogP contribution in [0.15, 0.2) is 0 Å². The molecule has 0 heterocycles. The van der Waals surface area contributed by atoms with Crippen LogP contribution < -0.4 is 0 Å². The van der Waals surface area contributed by atoms with Crippen molar-refractivity contribution in [1.82, 2.24) is 4.90 Å². The quantitative estimate of drug-likeness (QED) is 0.482. The molecular weight excluding hydrogens is 210 g/mol. The summed E-state index contributed by atoms with van der Waals surface area (Å²) in [7, 11) is 1.62. The molecule has 16 heavy (non-hydrogen) atoms. The second-order valence-corrected chi connectivity index (χ2v) is 3.75. The van der Waals surface area contributed by atoms with Crippen LogP contribution in [0.5, 0.6) is 0 Å². The first-order chi connectivity index (χ1) is 7.74. The molecule has 0 aliphatic heterocycles. The molecule has 0 radical (unpaired) electrons. The van der Waals surface area contributed by atoms with Crippen molar-refractivity contribution in [3.05, 3.63) is 0 Å². The predicted molar refractivity (Wildman–Crippen MR) is 62.5 cm³/mol. The summed E-state index contributed by atoms with van der Waals surface area (Å²) in [4.78, 5) is 2.03. The highest BCUT2D eigenvalue weighted by molar-refractivity contribution is 4.63. The van der Waals surface area contributed by atoms with Crippen LogP contribution in [0, 0.1) is 0 Å². The lowest BCUT2D eigenvalue weighted by Crippen LogP contribution is -2.37. The molecule has 98 valence electrons. The molecule has 0 bridgehead atoms. The minimum atomic E-state index is -0.505. The van der Waals surface area contributed by atoms with Crippen LogP contribution in [0.25, 0.3) is 0 Å². The Labute approximate surface area is 98.0 Å². The third kappa shape index (κ3) is 9.06. The Kier molecular flexibility index (Phi) is 11.1. The van der Waals surface area contributed by atoms with E-state index in [9.17, 15) is 5.11 Å². The molecule has 0 saturated heterocycles. The van der Waals surface area contributed by atoms with Gasteiger partial charge in [0.25, 0.3) is 0 Å². The number of nitrogens with zero attached hydrogens (tertiary/aromatic N) is 1. The largest absolute Gasteiger partial charge is 0.395 e. The summed E-state index contributed by atoms with van der Waals surface area (Å²) >= 11 is 0. The maximum absolute atomic E-state index is 9.68. The van der Waals surface area contributed by atoms with Gasteiger partial charge in [-0.05, 0) is 13.0 Å². The molecule has 5 heteroatoms. The smallest absolute Gasteiger partial charge is 0.0900 e. The van der Waals surface area contributed by atoms with E-state index in [4.69, 9.17) is 14.6 Å². The summed E-state index contributed by atoms with van der Waals surface area (Å²) in [5.41, 5.74) is 0. The number of hydrogen-bond donors (Lipinski definition) is 2. The molecule has 0 aliphatic rings. The van der Waals surface area contributed by atoms with Gasteiger partial charge in [-0.15, -0.1) is 0 Å². The van der Waals surface area contributed by atoms with Crippen LogP contribution in [-0.2, 0) is 9.47 Å². The number of aliphatic hydroxyl groups excluding tert-OH is 2. The third-order valence-electron chi connectivity index (χ3n) is 2.17. The molecular formula is C11H25NO4. The van der Waals surface area contributed by atoms with Gasteiger partial charge in [0.05, 0.1) is 32.5 Å². The molecule has 0 aromatic rings. The standard InChI is InChI=1S/C11H25NO4/c1-3-4-12(5-6-13)9-11(14)10-16-8-7-15-2/h11,13-14H,3-10H2,1-2H3. The van der Waals surface area contributed by atoms with Crippen LogP contribution in [0.3, 0.4) is 0 Å². The van der Waals surface area contributed by atoms with E-state index in [1.54, 1.807) is 7.11 Å². The molecule has 1 atom stereocenters. The second kappa shape index (κ2) is 11.3. The van der Waals surface area contributed by atoms with E-state index in [1.165, 1.54) is 0 Å². The van der Waals surface area contributed by atoms with Crippen LogP contribution in [0.2, 0.25) is 0 Å². The molecule has 0 aromatic heterocycles. The van der Waals surface area contributed by atoms with Gasteiger partial charge in [-0.1, -0.05) is 6.92 Å². The zero-order chi connectivity index (χ0) is 12.2. The van der Waals surface area contributed by atoms with Gasteiger partial charge >= 0.3 is 0 Å². The second-order valence-electron chi connectivity index (χ2n) is 3.75. The summed E-state index contributed by atoms with van der Waals surface area (Å²) in [6, 6.07) is 0. The van der Waals surface area contributed by atoms with Crippen molar-refractivity contribution in [2.24, 2.45) is 0 Å². The van der Waals surface area contributed by atoms with Gasteiger partial charge in [-0.2, -0.15) is 0 Å². The fraction of sp³-hybridized carbons (Fsp3) is 1.00. The molecule has 0 amide bonds.